The molecule has 2 saturated heterocycles. The Morgan fingerprint density at radius 3 is 2.38 bits per heavy atom. The fourth-order valence-electron chi connectivity index (χ4n) is 3.38. The maximum Gasteiger partial charge on any atom is 0.364 e. The number of hydrogen-bond donors (Lipinski definition) is 9. The first-order chi connectivity index (χ1) is 13.4. The van der Waals surface area contributed by atoms with Crippen LogP contribution >= 0.6 is 0 Å². The highest BCUT2D eigenvalue weighted by Gasteiger charge is 2.55. The van der Waals surface area contributed by atoms with E-state index in [0.29, 0.717) is 0 Å². The molecule has 0 aromatic carbocycles. The first kappa shape index (κ1) is 24.3. The van der Waals surface area contributed by atoms with Crippen molar-refractivity contribution in [2.24, 2.45) is 5.73 Å². The van der Waals surface area contributed by atoms with E-state index in [-0.39, 0.29) is 0 Å². The SMILES string of the molecule is C[C@@H]1OC(CO[C@]2(C(=O)O)C[C@@H](O)[C@@H](N)C([C@H](O)C(O)CO)O2)[C@H](O)C(O)[C@@H]1O. The number of aliphatic hydroxyl groups is 7. The van der Waals surface area contributed by atoms with E-state index in [0.717, 1.165) is 0 Å². The summed E-state index contributed by atoms with van der Waals surface area (Å²) in [4.78, 5) is 11.9. The number of ether oxygens (including phenoxy) is 3. The molecule has 0 saturated carbocycles. The molecule has 0 spiro atoms. The van der Waals surface area contributed by atoms with Crippen LogP contribution in [-0.4, -0.2) is 127 Å². The Kier molecular flexibility index (Phi) is 7.92. The van der Waals surface area contributed by atoms with Gasteiger partial charge in [-0.3, -0.25) is 0 Å². The first-order valence-electron chi connectivity index (χ1n) is 9.10. The smallest absolute Gasteiger partial charge is 0.364 e. The van der Waals surface area contributed by atoms with Gasteiger partial charge in [0.1, 0.15) is 42.7 Å². The number of carboxylic acids is 1. The van der Waals surface area contributed by atoms with Crippen molar-refractivity contribution < 1.29 is 59.9 Å². The van der Waals surface area contributed by atoms with Crippen molar-refractivity contribution in [1.29, 1.82) is 0 Å². The number of aliphatic carboxylic acids is 1. The van der Waals surface area contributed by atoms with Crippen LogP contribution in [0.3, 0.4) is 0 Å². The first-order valence-corrected chi connectivity index (χ1v) is 9.10. The predicted octanol–water partition coefficient (Wildman–Crippen LogP) is -5.15. The zero-order valence-corrected chi connectivity index (χ0v) is 15.7. The minimum atomic E-state index is -2.52. The van der Waals surface area contributed by atoms with Crippen LogP contribution in [0.5, 0.6) is 0 Å². The van der Waals surface area contributed by atoms with Crippen molar-refractivity contribution in [1.82, 2.24) is 0 Å². The zero-order valence-electron chi connectivity index (χ0n) is 15.7. The van der Waals surface area contributed by atoms with Crippen LogP contribution in [0, 0.1) is 0 Å². The van der Waals surface area contributed by atoms with E-state index < -0.39 is 92.4 Å². The Labute approximate surface area is 165 Å². The number of carboxylic acid groups (broad SMARTS) is 1. The van der Waals surface area contributed by atoms with Gasteiger partial charge in [0.25, 0.3) is 5.79 Å². The quantitative estimate of drug-likeness (QED) is 0.185. The molecule has 13 nitrogen and oxygen atoms in total. The van der Waals surface area contributed by atoms with Crippen LogP contribution < -0.4 is 5.73 Å². The number of rotatable bonds is 7. The minimum absolute atomic E-state index is 0.616. The lowest BCUT2D eigenvalue weighted by molar-refractivity contribution is -0.322. The summed E-state index contributed by atoms with van der Waals surface area (Å²) < 4.78 is 16.0. The highest BCUT2D eigenvalue weighted by molar-refractivity contribution is 5.76. The summed E-state index contributed by atoms with van der Waals surface area (Å²) in [7, 11) is 0. The van der Waals surface area contributed by atoms with Crippen molar-refractivity contribution in [3.63, 3.8) is 0 Å². The van der Waals surface area contributed by atoms with Crippen molar-refractivity contribution in [2.75, 3.05) is 13.2 Å². The van der Waals surface area contributed by atoms with E-state index in [1.807, 2.05) is 0 Å². The maximum atomic E-state index is 11.9. The van der Waals surface area contributed by atoms with Crippen molar-refractivity contribution in [2.45, 2.75) is 80.1 Å². The van der Waals surface area contributed by atoms with E-state index in [9.17, 15) is 40.5 Å². The Bertz CT molecular complexity index is 566. The lowest BCUT2D eigenvalue weighted by Crippen LogP contribution is -2.67. The van der Waals surface area contributed by atoms with Crippen LogP contribution in [0.1, 0.15) is 13.3 Å². The fraction of sp³-hybridized carbons (Fsp3) is 0.938. The van der Waals surface area contributed by atoms with Crippen molar-refractivity contribution in [3.8, 4) is 0 Å². The standard InChI is InChI=1S/C16H29NO12/c1-5-10(21)13(24)12(23)8(28-5)4-27-16(15(25)26)2-6(19)9(17)14(29-16)11(22)7(20)3-18/h5-14,18-24H,2-4,17H2,1H3,(H,25,26)/t5-,6+,7?,8?,9+,10+,11+,12-,13?,14?,16+/m0/s1. The molecule has 11 atom stereocenters. The molecule has 2 fully saturated rings. The van der Waals surface area contributed by atoms with E-state index in [4.69, 9.17) is 25.1 Å². The molecule has 0 bridgehead atoms. The molecule has 2 aliphatic rings. The Morgan fingerprint density at radius 2 is 1.83 bits per heavy atom. The van der Waals surface area contributed by atoms with Gasteiger partial charge in [0.05, 0.1) is 31.5 Å². The second-order valence-corrected chi connectivity index (χ2v) is 7.39. The summed E-state index contributed by atoms with van der Waals surface area (Å²) >= 11 is 0. The molecule has 170 valence electrons. The van der Waals surface area contributed by atoms with Crippen molar-refractivity contribution >= 4 is 5.97 Å². The monoisotopic (exact) mass is 427 g/mol. The molecular formula is C16H29NO12. The van der Waals surface area contributed by atoms with E-state index >= 15 is 0 Å². The molecule has 0 aromatic rings. The van der Waals surface area contributed by atoms with Crippen LogP contribution in [0.4, 0.5) is 0 Å². The van der Waals surface area contributed by atoms with E-state index in [1.165, 1.54) is 6.92 Å². The molecular weight excluding hydrogens is 398 g/mol. The number of nitrogens with two attached hydrogens (primary N) is 1. The van der Waals surface area contributed by atoms with Crippen LogP contribution in [-0.2, 0) is 19.0 Å². The van der Waals surface area contributed by atoms with E-state index in [2.05, 4.69) is 0 Å². The highest BCUT2D eigenvalue weighted by atomic mass is 16.7. The second kappa shape index (κ2) is 9.45. The largest absolute Gasteiger partial charge is 0.477 e. The molecule has 0 aliphatic carbocycles. The van der Waals surface area contributed by atoms with Crippen LogP contribution in [0.15, 0.2) is 0 Å². The van der Waals surface area contributed by atoms with Gasteiger partial charge in [0.15, 0.2) is 0 Å². The number of hydrogen-bond acceptors (Lipinski definition) is 12. The summed E-state index contributed by atoms with van der Waals surface area (Å²) in [6, 6.07) is -1.30. The van der Waals surface area contributed by atoms with Gasteiger partial charge < -0.3 is 60.8 Å². The predicted molar refractivity (Wildman–Crippen MR) is 91.2 cm³/mol. The van der Waals surface area contributed by atoms with Crippen molar-refractivity contribution in [3.05, 3.63) is 0 Å². The van der Waals surface area contributed by atoms with Gasteiger partial charge in [-0.1, -0.05) is 0 Å². The Hall–Kier alpha value is -0.970. The molecule has 29 heavy (non-hydrogen) atoms. The summed E-state index contributed by atoms with van der Waals surface area (Å²) in [5, 5.41) is 78.2. The highest BCUT2D eigenvalue weighted by Crippen LogP contribution is 2.33. The molecule has 4 unspecified atom stereocenters. The van der Waals surface area contributed by atoms with Crippen LogP contribution in [0.2, 0.25) is 0 Å². The molecule has 0 amide bonds. The molecule has 13 heteroatoms. The summed E-state index contributed by atoms with van der Waals surface area (Å²) in [6.07, 6.45) is -14.0. The molecule has 10 N–H and O–H groups in total. The van der Waals surface area contributed by atoms with Crippen LogP contribution in [0.25, 0.3) is 0 Å². The summed E-state index contributed by atoms with van der Waals surface area (Å²) in [6.45, 7) is -0.0534. The number of carbonyl (C=O) groups is 1. The molecule has 2 rings (SSSR count). The van der Waals surface area contributed by atoms with Gasteiger partial charge in [-0.05, 0) is 6.92 Å². The normalized spacial score (nSPS) is 45.6. The Balaban J connectivity index is 2.19. The Morgan fingerprint density at radius 1 is 1.21 bits per heavy atom. The lowest BCUT2D eigenvalue weighted by Gasteiger charge is -2.46. The third-order valence-electron chi connectivity index (χ3n) is 5.30. The molecule has 2 heterocycles. The average molecular weight is 427 g/mol. The number of aliphatic hydroxyl groups excluding tert-OH is 7. The fourth-order valence-corrected chi connectivity index (χ4v) is 3.38. The molecule has 2 aliphatic heterocycles. The van der Waals surface area contributed by atoms with Gasteiger partial charge in [-0.15, -0.1) is 0 Å². The van der Waals surface area contributed by atoms with Gasteiger partial charge in [0, 0.05) is 6.42 Å². The second-order valence-electron chi connectivity index (χ2n) is 7.39. The average Bonchev–Trinajstić information content (AvgIpc) is 2.69. The van der Waals surface area contributed by atoms with Gasteiger partial charge in [-0.2, -0.15) is 0 Å². The minimum Gasteiger partial charge on any atom is -0.477 e. The topological polar surface area (TPSA) is 233 Å². The summed E-state index contributed by atoms with van der Waals surface area (Å²) in [5.41, 5.74) is 5.75. The third kappa shape index (κ3) is 4.86. The van der Waals surface area contributed by atoms with Gasteiger partial charge >= 0.3 is 5.97 Å². The molecule has 0 aromatic heterocycles. The van der Waals surface area contributed by atoms with Gasteiger partial charge in [-0.25, -0.2) is 4.79 Å². The van der Waals surface area contributed by atoms with Gasteiger partial charge in [0.2, 0.25) is 0 Å². The zero-order chi connectivity index (χ0) is 22.1. The van der Waals surface area contributed by atoms with E-state index in [1.54, 1.807) is 0 Å². The third-order valence-corrected chi connectivity index (χ3v) is 5.30. The lowest BCUT2D eigenvalue weighted by atomic mass is 9.89. The summed E-state index contributed by atoms with van der Waals surface area (Å²) in [5.74, 6) is -4.21. The maximum absolute atomic E-state index is 11.9. The molecule has 0 radical (unpaired) electrons.